The maximum atomic E-state index is 7.20. The van der Waals surface area contributed by atoms with Crippen molar-refractivity contribution in [3.8, 4) is 50.2 Å². The molecule has 0 amide bonds. The number of para-hydroxylation sites is 4. The van der Waals surface area contributed by atoms with Gasteiger partial charge in [0, 0.05) is 61.5 Å². The molecule has 358 valence electrons. The van der Waals surface area contributed by atoms with E-state index in [9.17, 15) is 0 Å². The third-order valence-electron chi connectivity index (χ3n) is 14.7. The van der Waals surface area contributed by atoms with Crippen molar-refractivity contribution in [2.75, 3.05) is 9.80 Å². The minimum Gasteiger partial charge on any atom is -0.455 e. The molecule has 0 atom stereocenters. The van der Waals surface area contributed by atoms with E-state index in [1.807, 2.05) is 0 Å². The van der Waals surface area contributed by atoms with Gasteiger partial charge >= 0.3 is 0 Å². The van der Waals surface area contributed by atoms with E-state index in [0.717, 1.165) is 106 Å². The van der Waals surface area contributed by atoms with Crippen LogP contribution in [0.4, 0.5) is 34.1 Å². The molecule has 0 saturated heterocycles. The summed E-state index contributed by atoms with van der Waals surface area (Å²) >= 11 is 0. The molecule has 0 aliphatic heterocycles. The first-order valence-electron chi connectivity index (χ1n) is 25.9. The van der Waals surface area contributed by atoms with Gasteiger partial charge in [-0.2, -0.15) is 0 Å². The van der Waals surface area contributed by atoms with Crippen molar-refractivity contribution in [3.05, 3.63) is 297 Å². The number of fused-ring (bicyclic) bond motifs is 7. The average Bonchev–Trinajstić information content (AvgIpc) is 4.17. The highest BCUT2D eigenvalue weighted by atomic mass is 16.3. The molecule has 0 bridgehead atoms. The fourth-order valence-electron chi connectivity index (χ4n) is 11.2. The first-order valence-corrected chi connectivity index (χ1v) is 25.9. The Morgan fingerprint density at radius 1 is 0.276 bits per heavy atom. The molecule has 0 unspecified atom stereocenters. The van der Waals surface area contributed by atoms with Gasteiger partial charge in [0.1, 0.15) is 11.2 Å². The van der Waals surface area contributed by atoms with Gasteiger partial charge in [0.15, 0.2) is 0 Å². The lowest BCUT2D eigenvalue weighted by Crippen LogP contribution is -2.13. The zero-order valence-electron chi connectivity index (χ0n) is 41.5. The highest BCUT2D eigenvalue weighted by Gasteiger charge is 2.26. The van der Waals surface area contributed by atoms with Crippen molar-refractivity contribution < 1.29 is 4.42 Å². The van der Waals surface area contributed by atoms with E-state index in [-0.39, 0.29) is 0 Å². The molecule has 0 aliphatic carbocycles. The summed E-state index contributed by atoms with van der Waals surface area (Å²) in [5.74, 6) is 0. The van der Waals surface area contributed by atoms with Gasteiger partial charge in [-0.1, -0.05) is 200 Å². The van der Waals surface area contributed by atoms with Crippen molar-refractivity contribution >= 4 is 77.9 Å². The van der Waals surface area contributed by atoms with Crippen LogP contribution in [0.1, 0.15) is 0 Å². The number of nitrogens with zero attached hydrogens (tertiary/aromatic N) is 3. The van der Waals surface area contributed by atoms with Gasteiger partial charge < -0.3 is 18.8 Å². The number of aromatic nitrogens is 1. The molecule has 2 heterocycles. The summed E-state index contributed by atoms with van der Waals surface area (Å²) in [6.07, 6.45) is 0. The first-order chi connectivity index (χ1) is 37.7. The Hall–Kier alpha value is -10.2. The van der Waals surface area contributed by atoms with Crippen molar-refractivity contribution in [2.24, 2.45) is 0 Å². The van der Waals surface area contributed by atoms with Gasteiger partial charge in [-0.15, -0.1) is 0 Å². The fraction of sp³-hybridized carbons (Fsp3) is 0. The number of rotatable bonds is 11. The predicted molar refractivity (Wildman–Crippen MR) is 319 cm³/mol. The molecule has 14 rings (SSSR count). The lowest BCUT2D eigenvalue weighted by Gasteiger charge is -2.30. The zero-order valence-corrected chi connectivity index (χ0v) is 41.5. The predicted octanol–water partition coefficient (Wildman–Crippen LogP) is 20.3. The van der Waals surface area contributed by atoms with Crippen molar-refractivity contribution in [1.29, 1.82) is 0 Å². The Balaban J connectivity index is 1.06. The fourth-order valence-corrected chi connectivity index (χ4v) is 11.2. The number of hydrogen-bond acceptors (Lipinski definition) is 3. The van der Waals surface area contributed by atoms with E-state index in [0.29, 0.717) is 0 Å². The Morgan fingerprint density at radius 2 is 0.671 bits per heavy atom. The Bertz CT molecular complexity index is 4260. The summed E-state index contributed by atoms with van der Waals surface area (Å²) in [5, 5.41) is 4.48. The second kappa shape index (κ2) is 19.0. The molecule has 0 spiro atoms. The standard InChI is InChI=1S/C72H49N3O/c1-6-20-50(21-7-1)53-34-40-59(41-35-53)73(57-26-12-4-13-27-57)62-46-56(66-49-67-64-30-16-18-32-68(64)75(58-28-14-5-15-29-58)71(67)70-65-31-17-19-33-69(65)76-72(66)70)47-63(48-62)74(60-42-36-54(37-43-60)51-22-8-2-9-23-51)61-44-38-55(39-45-61)52-24-10-3-11-25-52/h1-49H. The van der Waals surface area contributed by atoms with E-state index >= 15 is 0 Å². The molecule has 4 heteroatoms. The molecule has 76 heavy (non-hydrogen) atoms. The summed E-state index contributed by atoms with van der Waals surface area (Å²) in [6, 6.07) is 107. The van der Waals surface area contributed by atoms with Crippen LogP contribution in [0.25, 0.3) is 93.9 Å². The van der Waals surface area contributed by atoms with Crippen molar-refractivity contribution in [2.45, 2.75) is 0 Å². The minimum atomic E-state index is 0.834. The maximum Gasteiger partial charge on any atom is 0.145 e. The van der Waals surface area contributed by atoms with Crippen LogP contribution in [0.3, 0.4) is 0 Å². The molecule has 4 nitrogen and oxygen atoms in total. The second-order valence-corrected chi connectivity index (χ2v) is 19.3. The summed E-state index contributed by atoms with van der Waals surface area (Å²) in [7, 11) is 0. The van der Waals surface area contributed by atoms with Crippen molar-refractivity contribution in [3.63, 3.8) is 0 Å². The van der Waals surface area contributed by atoms with Crippen LogP contribution in [-0.4, -0.2) is 4.57 Å². The van der Waals surface area contributed by atoms with E-state index in [1.54, 1.807) is 0 Å². The first kappa shape index (κ1) is 44.5. The smallest absolute Gasteiger partial charge is 0.145 e. The lowest BCUT2D eigenvalue weighted by molar-refractivity contribution is 0.670. The van der Waals surface area contributed by atoms with Gasteiger partial charge in [0.25, 0.3) is 0 Å². The van der Waals surface area contributed by atoms with E-state index < -0.39 is 0 Å². The van der Waals surface area contributed by atoms with Gasteiger partial charge in [-0.3, -0.25) is 0 Å². The molecule has 0 saturated carbocycles. The normalized spacial score (nSPS) is 11.4. The molecule has 0 N–H and O–H groups in total. The lowest BCUT2D eigenvalue weighted by atomic mass is 9.96. The van der Waals surface area contributed by atoms with E-state index in [4.69, 9.17) is 4.42 Å². The van der Waals surface area contributed by atoms with Crippen LogP contribution < -0.4 is 9.80 Å². The van der Waals surface area contributed by atoms with Crippen LogP contribution in [0, 0.1) is 0 Å². The number of hydrogen-bond donors (Lipinski definition) is 0. The average molecular weight is 972 g/mol. The van der Waals surface area contributed by atoms with Crippen molar-refractivity contribution in [1.82, 2.24) is 4.57 Å². The largest absolute Gasteiger partial charge is 0.455 e. The third kappa shape index (κ3) is 7.97. The maximum absolute atomic E-state index is 7.20. The quantitative estimate of drug-likeness (QED) is 0.129. The molecule has 14 aromatic rings. The van der Waals surface area contributed by atoms with Crippen LogP contribution in [0.5, 0.6) is 0 Å². The number of anilines is 6. The van der Waals surface area contributed by atoms with Gasteiger partial charge in [0.05, 0.1) is 16.4 Å². The minimum absolute atomic E-state index is 0.834. The molecular formula is C72H49N3O. The molecule has 12 aromatic carbocycles. The zero-order chi connectivity index (χ0) is 50.4. The van der Waals surface area contributed by atoms with E-state index in [1.165, 1.54) is 22.1 Å². The number of benzene rings is 12. The highest BCUT2D eigenvalue weighted by Crippen LogP contribution is 2.49. The topological polar surface area (TPSA) is 24.6 Å². The summed E-state index contributed by atoms with van der Waals surface area (Å²) in [5.41, 5.74) is 20.2. The molecule has 2 aromatic heterocycles. The van der Waals surface area contributed by atoms with Gasteiger partial charge in [-0.25, -0.2) is 0 Å². The van der Waals surface area contributed by atoms with Gasteiger partial charge in [-0.05, 0) is 136 Å². The molecular weight excluding hydrogens is 923 g/mol. The Labute approximate surface area is 441 Å². The summed E-state index contributed by atoms with van der Waals surface area (Å²) < 4.78 is 9.61. The highest BCUT2D eigenvalue weighted by molar-refractivity contribution is 6.27. The van der Waals surface area contributed by atoms with Crippen LogP contribution in [-0.2, 0) is 0 Å². The molecule has 0 radical (unpaired) electrons. The summed E-state index contributed by atoms with van der Waals surface area (Å²) in [6.45, 7) is 0. The monoisotopic (exact) mass is 971 g/mol. The second-order valence-electron chi connectivity index (χ2n) is 19.3. The van der Waals surface area contributed by atoms with Crippen LogP contribution in [0.2, 0.25) is 0 Å². The van der Waals surface area contributed by atoms with Gasteiger partial charge in [0.2, 0.25) is 0 Å². The number of furan rings is 1. The van der Waals surface area contributed by atoms with Crippen LogP contribution >= 0.6 is 0 Å². The Kier molecular flexibility index (Phi) is 11.2. The third-order valence-corrected chi connectivity index (χ3v) is 14.7. The van der Waals surface area contributed by atoms with E-state index in [2.05, 4.69) is 312 Å². The van der Waals surface area contributed by atoms with Crippen LogP contribution in [0.15, 0.2) is 302 Å². The SMILES string of the molecule is c1ccc(-c2ccc(N(c3ccccc3)c3cc(-c4cc5c6ccccc6n(-c6ccccc6)c5c5c4oc4ccccc45)cc(N(c4ccc(-c5ccccc5)cc4)c4ccc(-c5ccccc5)cc4)c3)cc2)cc1. The Morgan fingerprint density at radius 3 is 1.17 bits per heavy atom. The molecule has 0 aliphatic rings. The molecule has 0 fully saturated rings. The summed E-state index contributed by atoms with van der Waals surface area (Å²) in [4.78, 5) is 4.78.